The molecule has 59 heavy (non-hydrogen) atoms. The second-order valence-electron chi connectivity index (χ2n) is 18.1. The van der Waals surface area contributed by atoms with Crippen LogP contribution in [-0.2, 0) is 38.3 Å². The van der Waals surface area contributed by atoms with Crippen molar-refractivity contribution in [1.29, 1.82) is 0 Å². The van der Waals surface area contributed by atoms with E-state index in [9.17, 15) is 9.59 Å². The van der Waals surface area contributed by atoms with Crippen LogP contribution in [0.3, 0.4) is 0 Å². The van der Waals surface area contributed by atoms with Gasteiger partial charge in [-0.1, -0.05) is 75.4 Å². The number of hydrogen-bond acceptors (Lipinski definition) is 9. The molecule has 1 aliphatic heterocycles. The molecule has 11 heteroatoms. The molecule has 9 nitrogen and oxygen atoms in total. The molecule has 1 fully saturated rings. The van der Waals surface area contributed by atoms with E-state index < -0.39 is 37.9 Å². The average molecular weight is 836 g/mol. The fourth-order valence-electron chi connectivity index (χ4n) is 7.05. The summed E-state index contributed by atoms with van der Waals surface area (Å²) in [6.07, 6.45) is 2.00. The lowest BCUT2D eigenvalue weighted by atomic mass is 9.97. The number of hydrogen-bond donors (Lipinski definition) is 2. The normalized spacial score (nSPS) is 14.9. The summed E-state index contributed by atoms with van der Waals surface area (Å²) in [5.41, 5.74) is 11.9. The minimum Gasteiger partial charge on any atom is -0.496 e. The molecule has 2 atom stereocenters. The van der Waals surface area contributed by atoms with Crippen LogP contribution < -0.4 is 20.5 Å². The van der Waals surface area contributed by atoms with E-state index in [2.05, 4.69) is 73.5 Å². The Balaban J connectivity index is 1.29. The van der Waals surface area contributed by atoms with Gasteiger partial charge >= 0.3 is 5.97 Å². The molecule has 2 unspecified atom stereocenters. The van der Waals surface area contributed by atoms with Gasteiger partial charge in [0.1, 0.15) is 29.9 Å². The van der Waals surface area contributed by atoms with Crippen LogP contribution in [0.2, 0.25) is 18.1 Å². The molecule has 0 radical (unpaired) electrons. The van der Waals surface area contributed by atoms with Crippen LogP contribution in [0.1, 0.15) is 76.6 Å². The molecule has 1 saturated heterocycles. The van der Waals surface area contributed by atoms with Gasteiger partial charge in [-0.15, -0.1) is 11.3 Å². The van der Waals surface area contributed by atoms with Crippen LogP contribution in [0.5, 0.6) is 11.5 Å². The lowest BCUT2D eigenvalue weighted by molar-refractivity contribution is -0.165. The van der Waals surface area contributed by atoms with E-state index in [1.165, 1.54) is 24.0 Å². The van der Waals surface area contributed by atoms with Crippen molar-refractivity contribution in [2.24, 2.45) is 11.7 Å². The Hall–Kier alpha value is -4.52. The SMILES string of the molecule is COc1cc(Cc2c(-c3ccc(NC(=O)C(C(=O)OC(C)(C)C)C(N)O[Si](C)(C)C(C)(C)C)cc3)sc3cc(OCc4ccccc4)ccc23)ccc1CN1CCCC1. The molecule has 0 bridgehead atoms. The number of thiophene rings is 1. The number of carbonyl (C=O) groups is 2. The van der Waals surface area contributed by atoms with Crippen molar-refractivity contribution in [3.8, 4) is 21.9 Å². The summed E-state index contributed by atoms with van der Waals surface area (Å²) in [6, 6.07) is 30.8. The summed E-state index contributed by atoms with van der Waals surface area (Å²) in [4.78, 5) is 31.0. The van der Waals surface area contributed by atoms with Crippen LogP contribution in [-0.4, -0.2) is 57.1 Å². The lowest BCUT2D eigenvalue weighted by Gasteiger charge is -2.39. The van der Waals surface area contributed by atoms with Crippen LogP contribution in [0.4, 0.5) is 5.69 Å². The number of nitrogens with one attached hydrogen (secondary N) is 1. The number of likely N-dealkylation sites (tertiary alicyclic amines) is 1. The Bertz CT molecular complexity index is 2220. The maximum atomic E-state index is 13.9. The Kier molecular flexibility index (Phi) is 13.7. The molecule has 1 amide bonds. The van der Waals surface area contributed by atoms with Crippen molar-refractivity contribution >= 4 is 47.3 Å². The van der Waals surface area contributed by atoms with Crippen molar-refractivity contribution in [1.82, 2.24) is 4.90 Å². The van der Waals surface area contributed by atoms with E-state index in [-0.39, 0.29) is 5.04 Å². The van der Waals surface area contributed by atoms with E-state index in [4.69, 9.17) is 24.4 Å². The molecule has 0 saturated carbocycles. The highest BCUT2D eigenvalue weighted by atomic mass is 32.1. The van der Waals surface area contributed by atoms with Crippen molar-refractivity contribution in [3.63, 3.8) is 0 Å². The Morgan fingerprint density at radius 1 is 0.881 bits per heavy atom. The summed E-state index contributed by atoms with van der Waals surface area (Å²) in [6.45, 7) is 19.2. The summed E-state index contributed by atoms with van der Waals surface area (Å²) >= 11 is 1.72. The Labute approximate surface area is 355 Å². The molecule has 314 valence electrons. The highest BCUT2D eigenvalue weighted by Crippen LogP contribution is 2.42. The molecule has 3 N–H and O–H groups in total. The number of benzene rings is 4. The van der Waals surface area contributed by atoms with Gasteiger partial charge in [0.2, 0.25) is 5.91 Å². The first kappa shape index (κ1) is 44.0. The number of nitrogens with two attached hydrogens (primary N) is 1. The fraction of sp³-hybridized carbons (Fsp3) is 0.417. The van der Waals surface area contributed by atoms with Gasteiger partial charge in [-0.25, -0.2) is 0 Å². The number of nitrogens with zero attached hydrogens (tertiary/aromatic N) is 1. The van der Waals surface area contributed by atoms with E-state index in [0.717, 1.165) is 62.8 Å². The number of esters is 1. The quantitative estimate of drug-likeness (QED) is 0.0464. The first-order valence-corrected chi connectivity index (χ1v) is 24.3. The third-order valence-electron chi connectivity index (χ3n) is 11.3. The van der Waals surface area contributed by atoms with Gasteiger partial charge in [0.15, 0.2) is 14.2 Å². The lowest BCUT2D eigenvalue weighted by Crippen LogP contribution is -2.54. The average Bonchev–Trinajstić information content (AvgIpc) is 3.81. The number of fused-ring (bicyclic) bond motifs is 1. The van der Waals surface area contributed by atoms with Gasteiger partial charge in [0.25, 0.3) is 0 Å². The number of amides is 1. The third kappa shape index (κ3) is 11.2. The smallest absolute Gasteiger partial charge is 0.323 e. The van der Waals surface area contributed by atoms with Gasteiger partial charge in [-0.2, -0.15) is 0 Å². The minimum absolute atomic E-state index is 0.180. The van der Waals surface area contributed by atoms with Crippen LogP contribution in [0.15, 0.2) is 91.0 Å². The third-order valence-corrected chi connectivity index (χ3v) is 17.0. The number of rotatable bonds is 15. The largest absolute Gasteiger partial charge is 0.496 e. The standard InChI is InChI=1S/C48H61N3O6SSi/c1-47(2,3)56-46(53)42(44(49)57-59(8,9)48(4,5)6)45(52)50-36-21-19-34(20-22-36)43-39(27-33-17-18-35(40(28-33)54-7)30-51-25-13-14-26-51)38-24-23-37(29-41(38)58-43)55-31-32-15-11-10-12-16-32/h10-12,15-24,28-29,42,44H,13-14,25-27,30-31,49H2,1-9H3,(H,50,52). The van der Waals surface area contributed by atoms with E-state index in [0.29, 0.717) is 18.7 Å². The summed E-state index contributed by atoms with van der Waals surface area (Å²) in [5, 5.41) is 3.92. The van der Waals surface area contributed by atoms with Crippen LogP contribution in [0, 0.1) is 5.92 Å². The maximum absolute atomic E-state index is 13.9. The van der Waals surface area contributed by atoms with Gasteiger partial charge in [-0.3, -0.25) is 14.5 Å². The molecule has 4 aromatic carbocycles. The minimum atomic E-state index is -2.43. The van der Waals surface area contributed by atoms with E-state index in [1.54, 1.807) is 39.2 Å². The number of anilines is 1. The predicted octanol–water partition coefficient (Wildman–Crippen LogP) is 10.5. The topological polar surface area (TPSA) is 112 Å². The van der Waals surface area contributed by atoms with E-state index in [1.807, 2.05) is 61.6 Å². The zero-order valence-electron chi connectivity index (χ0n) is 36.1. The first-order valence-electron chi connectivity index (χ1n) is 20.6. The molecule has 0 spiro atoms. The highest BCUT2D eigenvalue weighted by molar-refractivity contribution is 7.22. The van der Waals surface area contributed by atoms with Gasteiger partial charge in [0, 0.05) is 27.4 Å². The Morgan fingerprint density at radius 2 is 1.58 bits per heavy atom. The second-order valence-corrected chi connectivity index (χ2v) is 23.9. The molecule has 1 aliphatic rings. The van der Waals surface area contributed by atoms with Crippen molar-refractivity contribution in [3.05, 3.63) is 113 Å². The van der Waals surface area contributed by atoms with Crippen molar-refractivity contribution in [2.75, 3.05) is 25.5 Å². The molecule has 5 aromatic rings. The fourth-order valence-corrected chi connectivity index (χ4v) is 9.48. The molecule has 2 heterocycles. The molecular weight excluding hydrogens is 775 g/mol. The van der Waals surface area contributed by atoms with E-state index >= 15 is 0 Å². The molecule has 1 aromatic heterocycles. The molecule has 0 aliphatic carbocycles. The molecule has 6 rings (SSSR count). The number of ether oxygens (including phenoxy) is 3. The zero-order valence-corrected chi connectivity index (χ0v) is 38.0. The maximum Gasteiger partial charge on any atom is 0.323 e. The summed E-state index contributed by atoms with van der Waals surface area (Å²) in [7, 11) is -0.685. The predicted molar refractivity (Wildman–Crippen MR) is 243 cm³/mol. The zero-order chi connectivity index (χ0) is 42.5. The Morgan fingerprint density at radius 3 is 2.22 bits per heavy atom. The van der Waals surface area contributed by atoms with Crippen molar-refractivity contribution in [2.45, 2.75) is 104 Å². The van der Waals surface area contributed by atoms with Crippen LogP contribution in [0.25, 0.3) is 20.5 Å². The van der Waals surface area contributed by atoms with Gasteiger partial charge < -0.3 is 29.7 Å². The highest BCUT2D eigenvalue weighted by Gasteiger charge is 2.44. The second kappa shape index (κ2) is 18.4. The van der Waals surface area contributed by atoms with Crippen LogP contribution >= 0.6 is 11.3 Å². The first-order chi connectivity index (χ1) is 27.9. The summed E-state index contributed by atoms with van der Waals surface area (Å²) < 4.78 is 25.3. The number of carbonyl (C=O) groups excluding carboxylic acids is 2. The number of methoxy groups -OCH3 is 1. The molecular formula is C48H61N3O6SSi. The van der Waals surface area contributed by atoms with Gasteiger partial charge in [0.05, 0.1) is 7.11 Å². The van der Waals surface area contributed by atoms with Gasteiger partial charge in [-0.05, 0) is 135 Å². The monoisotopic (exact) mass is 835 g/mol. The van der Waals surface area contributed by atoms with Crippen molar-refractivity contribution < 1.29 is 28.2 Å². The summed E-state index contributed by atoms with van der Waals surface area (Å²) in [5.74, 6) is -0.950.